The smallest absolute Gasteiger partial charge is 0.0575 e. The Morgan fingerprint density at radius 2 is 2.10 bits per heavy atom. The summed E-state index contributed by atoms with van der Waals surface area (Å²) in [7, 11) is 0. The summed E-state index contributed by atoms with van der Waals surface area (Å²) >= 11 is 0. The van der Waals surface area contributed by atoms with Crippen molar-refractivity contribution in [1.82, 2.24) is 0 Å². The van der Waals surface area contributed by atoms with Gasteiger partial charge in [0.25, 0.3) is 0 Å². The molecule has 0 aliphatic rings. The van der Waals surface area contributed by atoms with E-state index in [9.17, 15) is 0 Å². The molecule has 10 heavy (non-hydrogen) atoms. The zero-order valence-corrected chi connectivity index (χ0v) is 6.31. The summed E-state index contributed by atoms with van der Waals surface area (Å²) in [5.41, 5.74) is 5.28. The molecule has 0 atom stereocenters. The first-order valence-electron chi connectivity index (χ1n) is 3.63. The number of unbranched alkanes of at least 4 members (excludes halogenated alkanes) is 1. The van der Waals surface area contributed by atoms with Crippen molar-refractivity contribution in [3.8, 4) is 12.3 Å². The monoisotopic (exact) mass is 141 g/mol. The van der Waals surface area contributed by atoms with E-state index in [0.29, 0.717) is 13.0 Å². The molecule has 0 saturated heterocycles. The molecule has 0 aromatic carbocycles. The van der Waals surface area contributed by atoms with Crippen LogP contribution in [0.2, 0.25) is 0 Å². The quantitative estimate of drug-likeness (QED) is 0.438. The van der Waals surface area contributed by atoms with Crippen LogP contribution in [0.5, 0.6) is 0 Å². The molecule has 0 rings (SSSR count). The summed E-state index contributed by atoms with van der Waals surface area (Å²) in [6.45, 7) is 2.22. The highest BCUT2D eigenvalue weighted by Gasteiger charge is 1.85. The number of terminal acetylenes is 1. The van der Waals surface area contributed by atoms with E-state index in [-0.39, 0.29) is 0 Å². The molecule has 2 heteroatoms. The first-order chi connectivity index (χ1) is 4.91. The molecular formula is C8H15NO. The first-order valence-corrected chi connectivity index (χ1v) is 3.63. The Balaban J connectivity index is 2.72. The Morgan fingerprint density at radius 3 is 2.70 bits per heavy atom. The van der Waals surface area contributed by atoms with Crippen molar-refractivity contribution in [2.75, 3.05) is 19.8 Å². The maximum absolute atomic E-state index is 5.28. The first kappa shape index (κ1) is 9.48. The van der Waals surface area contributed by atoms with Gasteiger partial charge in [0.2, 0.25) is 0 Å². The van der Waals surface area contributed by atoms with Gasteiger partial charge in [-0.05, 0) is 19.4 Å². The minimum absolute atomic E-state index is 0.682. The average Bonchev–Trinajstić information content (AvgIpc) is 1.97. The van der Waals surface area contributed by atoms with Crippen molar-refractivity contribution in [1.29, 1.82) is 0 Å². The standard InChI is InChI=1S/C8H15NO/c1-2-3-7-10-8-5-4-6-9/h1H,3-9H2. The van der Waals surface area contributed by atoms with Crippen LogP contribution in [0.15, 0.2) is 0 Å². The number of hydrogen-bond donors (Lipinski definition) is 1. The molecule has 0 spiro atoms. The van der Waals surface area contributed by atoms with Gasteiger partial charge in [0, 0.05) is 13.0 Å². The van der Waals surface area contributed by atoms with Gasteiger partial charge in [-0.15, -0.1) is 12.3 Å². The molecule has 0 unspecified atom stereocenters. The summed E-state index contributed by atoms with van der Waals surface area (Å²) < 4.78 is 5.18. The van der Waals surface area contributed by atoms with Crippen LogP contribution >= 0.6 is 0 Å². The molecule has 0 aliphatic heterocycles. The van der Waals surface area contributed by atoms with Crippen molar-refractivity contribution >= 4 is 0 Å². The Hall–Kier alpha value is -0.520. The molecule has 58 valence electrons. The minimum Gasteiger partial charge on any atom is -0.380 e. The number of nitrogens with two attached hydrogens (primary N) is 1. The van der Waals surface area contributed by atoms with E-state index >= 15 is 0 Å². The second-order valence-electron chi connectivity index (χ2n) is 2.06. The molecule has 0 aliphatic carbocycles. The highest BCUT2D eigenvalue weighted by atomic mass is 16.5. The SMILES string of the molecule is C#CCCOCCCCN. The zero-order chi connectivity index (χ0) is 7.66. The van der Waals surface area contributed by atoms with E-state index in [1.54, 1.807) is 0 Å². The van der Waals surface area contributed by atoms with Crippen molar-refractivity contribution in [3.63, 3.8) is 0 Å². The van der Waals surface area contributed by atoms with Gasteiger partial charge >= 0.3 is 0 Å². The Morgan fingerprint density at radius 1 is 1.30 bits per heavy atom. The van der Waals surface area contributed by atoms with E-state index in [1.807, 2.05) is 0 Å². The Labute approximate surface area is 62.7 Å². The summed E-state index contributed by atoms with van der Waals surface area (Å²) in [6.07, 6.45) is 7.81. The molecule has 0 amide bonds. The van der Waals surface area contributed by atoms with E-state index in [2.05, 4.69) is 5.92 Å². The third kappa shape index (κ3) is 7.48. The maximum Gasteiger partial charge on any atom is 0.0575 e. The van der Waals surface area contributed by atoms with Crippen LogP contribution in [-0.2, 0) is 4.74 Å². The Kier molecular flexibility index (Phi) is 8.04. The van der Waals surface area contributed by atoms with Gasteiger partial charge in [-0.1, -0.05) is 0 Å². The number of ether oxygens (including phenoxy) is 1. The molecular weight excluding hydrogens is 126 g/mol. The predicted octanol–water partition coefficient (Wildman–Crippen LogP) is 0.765. The van der Waals surface area contributed by atoms with Gasteiger partial charge in [0.15, 0.2) is 0 Å². The third-order valence-electron chi connectivity index (χ3n) is 1.13. The summed E-state index contributed by atoms with van der Waals surface area (Å²) in [4.78, 5) is 0. The molecule has 0 radical (unpaired) electrons. The third-order valence-corrected chi connectivity index (χ3v) is 1.13. The summed E-state index contributed by atoms with van der Waals surface area (Å²) in [6, 6.07) is 0. The van der Waals surface area contributed by atoms with Crippen molar-refractivity contribution in [2.24, 2.45) is 5.73 Å². The van der Waals surface area contributed by atoms with Crippen molar-refractivity contribution in [2.45, 2.75) is 19.3 Å². The van der Waals surface area contributed by atoms with Crippen LogP contribution in [0.3, 0.4) is 0 Å². The molecule has 2 nitrogen and oxygen atoms in total. The number of hydrogen-bond acceptors (Lipinski definition) is 2. The van der Waals surface area contributed by atoms with Gasteiger partial charge in [-0.3, -0.25) is 0 Å². The van der Waals surface area contributed by atoms with Crippen LogP contribution in [0.1, 0.15) is 19.3 Å². The highest BCUT2D eigenvalue weighted by Crippen LogP contribution is 1.88. The fraction of sp³-hybridized carbons (Fsp3) is 0.750. The fourth-order valence-electron chi connectivity index (χ4n) is 0.582. The lowest BCUT2D eigenvalue weighted by atomic mass is 10.3. The molecule has 0 heterocycles. The van der Waals surface area contributed by atoms with Gasteiger partial charge in [-0.2, -0.15) is 0 Å². The van der Waals surface area contributed by atoms with E-state index in [4.69, 9.17) is 16.9 Å². The molecule has 0 aromatic rings. The van der Waals surface area contributed by atoms with Crippen LogP contribution in [0.4, 0.5) is 0 Å². The average molecular weight is 141 g/mol. The van der Waals surface area contributed by atoms with Crippen LogP contribution in [-0.4, -0.2) is 19.8 Å². The predicted molar refractivity (Wildman–Crippen MR) is 42.6 cm³/mol. The lowest BCUT2D eigenvalue weighted by Gasteiger charge is -1.99. The van der Waals surface area contributed by atoms with Crippen LogP contribution < -0.4 is 5.73 Å². The molecule has 2 N–H and O–H groups in total. The molecule has 0 bridgehead atoms. The lowest BCUT2D eigenvalue weighted by Crippen LogP contribution is -2.02. The highest BCUT2D eigenvalue weighted by molar-refractivity contribution is 4.82. The minimum atomic E-state index is 0.682. The second-order valence-corrected chi connectivity index (χ2v) is 2.06. The molecule has 0 saturated carbocycles. The fourth-order valence-corrected chi connectivity index (χ4v) is 0.582. The number of rotatable bonds is 6. The lowest BCUT2D eigenvalue weighted by molar-refractivity contribution is 0.136. The largest absolute Gasteiger partial charge is 0.380 e. The van der Waals surface area contributed by atoms with E-state index in [1.165, 1.54) is 0 Å². The Bertz CT molecular complexity index is 95.9. The topological polar surface area (TPSA) is 35.2 Å². The van der Waals surface area contributed by atoms with Crippen molar-refractivity contribution < 1.29 is 4.74 Å². The van der Waals surface area contributed by atoms with Gasteiger partial charge < -0.3 is 10.5 Å². The van der Waals surface area contributed by atoms with E-state index in [0.717, 1.165) is 26.0 Å². The second kappa shape index (κ2) is 8.48. The maximum atomic E-state index is 5.28. The van der Waals surface area contributed by atoms with Crippen LogP contribution in [0, 0.1) is 12.3 Å². The van der Waals surface area contributed by atoms with Gasteiger partial charge in [0.05, 0.1) is 6.61 Å². The summed E-state index contributed by atoms with van der Waals surface area (Å²) in [5, 5.41) is 0. The summed E-state index contributed by atoms with van der Waals surface area (Å²) in [5.74, 6) is 2.51. The van der Waals surface area contributed by atoms with Crippen LogP contribution in [0.25, 0.3) is 0 Å². The van der Waals surface area contributed by atoms with Crippen molar-refractivity contribution in [3.05, 3.63) is 0 Å². The molecule has 0 fully saturated rings. The van der Waals surface area contributed by atoms with E-state index < -0.39 is 0 Å². The zero-order valence-electron chi connectivity index (χ0n) is 6.31. The normalized spacial score (nSPS) is 9.20. The van der Waals surface area contributed by atoms with Gasteiger partial charge in [0.1, 0.15) is 0 Å². The van der Waals surface area contributed by atoms with Gasteiger partial charge in [-0.25, -0.2) is 0 Å². The molecule has 0 aromatic heterocycles.